The van der Waals surface area contributed by atoms with Gasteiger partial charge < -0.3 is 15.8 Å². The smallest absolute Gasteiger partial charge is 0.220 e. The molecule has 0 fully saturated rings. The van der Waals surface area contributed by atoms with Crippen LogP contribution in [0.2, 0.25) is 0 Å². The van der Waals surface area contributed by atoms with Crippen molar-refractivity contribution >= 4 is 27.5 Å². The van der Waals surface area contributed by atoms with Crippen molar-refractivity contribution in [3.05, 3.63) is 0 Å². The van der Waals surface area contributed by atoms with E-state index in [-0.39, 0.29) is 5.91 Å². The monoisotopic (exact) mass is 324 g/mol. The molecule has 4 nitrogen and oxygen atoms in total. The molecule has 0 aromatic carbocycles. The lowest BCUT2D eigenvalue weighted by Crippen LogP contribution is -2.25. The summed E-state index contributed by atoms with van der Waals surface area (Å²) in [5.41, 5.74) is 5.37. The van der Waals surface area contributed by atoms with E-state index in [1.54, 1.807) is 21.6 Å². The fourth-order valence-corrected chi connectivity index (χ4v) is 2.96. The molecule has 0 heterocycles. The fraction of sp³-hybridized carbons (Fsp3) is 0.929. The maximum absolute atomic E-state index is 11.4. The van der Waals surface area contributed by atoms with Crippen LogP contribution in [0.25, 0.3) is 0 Å². The molecular weight excluding hydrogens is 292 g/mol. The Hall–Kier alpha value is 0.0900. The number of amides is 1. The SMILES string of the molecule is CC.CC(C)COCCCNC(=O)CCSSCCN. The van der Waals surface area contributed by atoms with Crippen molar-refractivity contribution in [2.24, 2.45) is 11.7 Å². The highest BCUT2D eigenvalue weighted by Gasteiger charge is 2.00. The fourth-order valence-electron chi connectivity index (χ4n) is 1.11. The molecule has 0 rings (SSSR count). The first-order chi connectivity index (χ1) is 9.66. The van der Waals surface area contributed by atoms with Gasteiger partial charge in [-0.2, -0.15) is 0 Å². The van der Waals surface area contributed by atoms with E-state index < -0.39 is 0 Å². The molecule has 122 valence electrons. The molecule has 0 spiro atoms. The summed E-state index contributed by atoms with van der Waals surface area (Å²) in [6, 6.07) is 0. The zero-order valence-electron chi connectivity index (χ0n) is 13.4. The van der Waals surface area contributed by atoms with Gasteiger partial charge in [-0.1, -0.05) is 49.3 Å². The average Bonchev–Trinajstić information content (AvgIpc) is 2.44. The Bertz CT molecular complexity index is 206. The first-order valence-corrected chi connectivity index (χ1v) is 9.94. The molecule has 0 aromatic rings. The number of carbonyl (C=O) groups is 1. The zero-order valence-corrected chi connectivity index (χ0v) is 15.1. The third-order valence-electron chi connectivity index (χ3n) is 1.94. The molecule has 0 unspecified atom stereocenters. The average molecular weight is 325 g/mol. The number of hydrogen-bond acceptors (Lipinski definition) is 5. The van der Waals surface area contributed by atoms with E-state index in [9.17, 15) is 4.79 Å². The highest BCUT2D eigenvalue weighted by atomic mass is 33.1. The Morgan fingerprint density at radius 2 is 1.90 bits per heavy atom. The van der Waals surface area contributed by atoms with Crippen LogP contribution in [0.1, 0.15) is 40.5 Å². The molecule has 0 aliphatic rings. The summed E-state index contributed by atoms with van der Waals surface area (Å²) >= 11 is 0. The van der Waals surface area contributed by atoms with Crippen molar-refractivity contribution in [2.75, 3.05) is 37.8 Å². The summed E-state index contributed by atoms with van der Waals surface area (Å²) in [6.45, 7) is 11.2. The van der Waals surface area contributed by atoms with Gasteiger partial charge in [0.15, 0.2) is 0 Å². The Balaban J connectivity index is 0. The van der Waals surface area contributed by atoms with Crippen LogP contribution in [0.5, 0.6) is 0 Å². The Morgan fingerprint density at radius 1 is 1.25 bits per heavy atom. The lowest BCUT2D eigenvalue weighted by Gasteiger charge is -2.07. The lowest BCUT2D eigenvalue weighted by molar-refractivity contribution is -0.120. The summed E-state index contributed by atoms with van der Waals surface area (Å²) in [5, 5.41) is 2.90. The summed E-state index contributed by atoms with van der Waals surface area (Å²) in [7, 11) is 3.43. The van der Waals surface area contributed by atoms with Crippen LogP contribution in [-0.2, 0) is 9.53 Å². The summed E-state index contributed by atoms with van der Waals surface area (Å²) in [5.74, 6) is 2.49. The second-order valence-electron chi connectivity index (χ2n) is 4.35. The number of nitrogens with one attached hydrogen (secondary N) is 1. The van der Waals surface area contributed by atoms with Gasteiger partial charge in [0.2, 0.25) is 5.91 Å². The molecule has 0 aromatic heterocycles. The topological polar surface area (TPSA) is 64.3 Å². The molecular formula is C14H32N2O2S2. The van der Waals surface area contributed by atoms with E-state index in [2.05, 4.69) is 19.2 Å². The van der Waals surface area contributed by atoms with Crippen LogP contribution in [0.3, 0.4) is 0 Å². The van der Waals surface area contributed by atoms with Crippen LogP contribution < -0.4 is 11.1 Å². The van der Waals surface area contributed by atoms with E-state index in [0.29, 0.717) is 25.4 Å². The molecule has 0 saturated carbocycles. The van der Waals surface area contributed by atoms with Crippen molar-refractivity contribution in [1.29, 1.82) is 0 Å². The van der Waals surface area contributed by atoms with Crippen LogP contribution in [-0.4, -0.2) is 43.7 Å². The van der Waals surface area contributed by atoms with Crippen molar-refractivity contribution in [3.8, 4) is 0 Å². The molecule has 0 atom stereocenters. The summed E-state index contributed by atoms with van der Waals surface area (Å²) in [6.07, 6.45) is 1.46. The predicted octanol–water partition coefficient (Wildman–Crippen LogP) is 2.92. The van der Waals surface area contributed by atoms with Crippen LogP contribution in [0.4, 0.5) is 0 Å². The zero-order chi connectivity index (χ0) is 15.6. The molecule has 1 amide bonds. The maximum Gasteiger partial charge on any atom is 0.220 e. The van der Waals surface area contributed by atoms with E-state index in [4.69, 9.17) is 10.5 Å². The van der Waals surface area contributed by atoms with Gasteiger partial charge >= 0.3 is 0 Å². The molecule has 0 bridgehead atoms. The molecule has 6 heteroatoms. The third kappa shape index (κ3) is 20.4. The van der Waals surface area contributed by atoms with Crippen molar-refractivity contribution in [1.82, 2.24) is 5.32 Å². The number of rotatable bonds is 12. The van der Waals surface area contributed by atoms with Gasteiger partial charge in [0.25, 0.3) is 0 Å². The maximum atomic E-state index is 11.4. The van der Waals surface area contributed by atoms with E-state index in [0.717, 1.165) is 31.1 Å². The number of nitrogens with two attached hydrogens (primary N) is 1. The Kier molecular flexibility index (Phi) is 21.4. The van der Waals surface area contributed by atoms with Gasteiger partial charge in [-0.3, -0.25) is 4.79 Å². The minimum absolute atomic E-state index is 0.125. The van der Waals surface area contributed by atoms with Crippen LogP contribution in [0, 0.1) is 5.92 Å². The first-order valence-electron chi connectivity index (χ1n) is 7.45. The Labute approximate surface area is 132 Å². The van der Waals surface area contributed by atoms with Gasteiger partial charge in [0.1, 0.15) is 0 Å². The van der Waals surface area contributed by atoms with Gasteiger partial charge in [-0.15, -0.1) is 0 Å². The van der Waals surface area contributed by atoms with Crippen LogP contribution >= 0.6 is 21.6 Å². The number of carbonyl (C=O) groups excluding carboxylic acids is 1. The molecule has 0 aliphatic carbocycles. The van der Waals surface area contributed by atoms with E-state index >= 15 is 0 Å². The van der Waals surface area contributed by atoms with Gasteiger partial charge in [0, 0.05) is 44.2 Å². The highest BCUT2D eigenvalue weighted by Crippen LogP contribution is 2.20. The molecule has 0 radical (unpaired) electrons. The second-order valence-corrected chi connectivity index (χ2v) is 7.06. The van der Waals surface area contributed by atoms with Crippen molar-refractivity contribution < 1.29 is 9.53 Å². The minimum Gasteiger partial charge on any atom is -0.381 e. The second kappa shape index (κ2) is 19.1. The van der Waals surface area contributed by atoms with Gasteiger partial charge in [0.05, 0.1) is 0 Å². The number of ether oxygens (including phenoxy) is 1. The molecule has 0 saturated heterocycles. The van der Waals surface area contributed by atoms with E-state index in [1.807, 2.05) is 13.8 Å². The largest absolute Gasteiger partial charge is 0.381 e. The normalized spacial score (nSPS) is 10.1. The molecule has 3 N–H and O–H groups in total. The van der Waals surface area contributed by atoms with Crippen LogP contribution in [0.15, 0.2) is 0 Å². The standard InChI is InChI=1S/C12H26N2O2S2.C2H6/c1-11(2)10-16-7-3-6-14-12(15)4-8-17-18-9-5-13;1-2/h11H,3-10,13H2,1-2H3,(H,14,15);1-2H3. The minimum atomic E-state index is 0.125. The van der Waals surface area contributed by atoms with Crippen molar-refractivity contribution in [3.63, 3.8) is 0 Å². The quantitative estimate of drug-likeness (QED) is 0.427. The molecule has 20 heavy (non-hydrogen) atoms. The first kappa shape index (κ1) is 22.4. The molecule has 0 aliphatic heterocycles. The number of hydrogen-bond donors (Lipinski definition) is 2. The highest BCUT2D eigenvalue weighted by molar-refractivity contribution is 8.76. The Morgan fingerprint density at radius 3 is 2.50 bits per heavy atom. The predicted molar refractivity (Wildman–Crippen MR) is 93.2 cm³/mol. The summed E-state index contributed by atoms with van der Waals surface area (Å²) < 4.78 is 5.43. The van der Waals surface area contributed by atoms with Crippen molar-refractivity contribution in [2.45, 2.75) is 40.5 Å². The van der Waals surface area contributed by atoms with Gasteiger partial charge in [-0.05, 0) is 12.3 Å². The lowest BCUT2D eigenvalue weighted by atomic mass is 10.2. The van der Waals surface area contributed by atoms with Gasteiger partial charge in [-0.25, -0.2) is 0 Å². The third-order valence-corrected chi connectivity index (χ3v) is 4.38. The summed E-state index contributed by atoms with van der Waals surface area (Å²) in [4.78, 5) is 11.4. The van der Waals surface area contributed by atoms with E-state index in [1.165, 1.54) is 0 Å².